The maximum absolute atomic E-state index is 11.6. The molecule has 0 aliphatic rings. The zero-order valence-electron chi connectivity index (χ0n) is 13.0. The standard InChI is InChI=1S/C13H23N5O3/c1-5-18-9-16-17-10(18)8-15-12(20)14-7-6-11(19)21-13(2,3)4/h9H,5-8H2,1-4H3,(H2,14,15,20). The van der Waals surface area contributed by atoms with Gasteiger partial charge in [-0.15, -0.1) is 10.2 Å². The molecule has 2 N–H and O–H groups in total. The van der Waals surface area contributed by atoms with E-state index in [9.17, 15) is 9.59 Å². The molecule has 8 nitrogen and oxygen atoms in total. The number of aromatic nitrogens is 3. The lowest BCUT2D eigenvalue weighted by molar-refractivity contribution is -0.154. The average molecular weight is 297 g/mol. The quantitative estimate of drug-likeness (QED) is 0.758. The lowest BCUT2D eigenvalue weighted by Gasteiger charge is -2.19. The monoisotopic (exact) mass is 297 g/mol. The molecule has 0 saturated heterocycles. The molecule has 0 aliphatic heterocycles. The van der Waals surface area contributed by atoms with Gasteiger partial charge in [-0.05, 0) is 27.7 Å². The molecule has 0 atom stereocenters. The Morgan fingerprint density at radius 3 is 2.67 bits per heavy atom. The summed E-state index contributed by atoms with van der Waals surface area (Å²) < 4.78 is 6.97. The summed E-state index contributed by atoms with van der Waals surface area (Å²) in [6.07, 6.45) is 1.74. The van der Waals surface area contributed by atoms with Gasteiger partial charge in [-0.1, -0.05) is 0 Å². The van der Waals surface area contributed by atoms with Gasteiger partial charge in [-0.3, -0.25) is 4.79 Å². The second kappa shape index (κ2) is 7.61. The molecule has 0 radical (unpaired) electrons. The van der Waals surface area contributed by atoms with E-state index in [0.29, 0.717) is 5.82 Å². The number of hydrogen-bond acceptors (Lipinski definition) is 5. The van der Waals surface area contributed by atoms with E-state index in [-0.39, 0.29) is 31.5 Å². The molecule has 2 amide bonds. The highest BCUT2D eigenvalue weighted by Gasteiger charge is 2.16. The van der Waals surface area contributed by atoms with Gasteiger partial charge in [0.25, 0.3) is 0 Å². The highest BCUT2D eigenvalue weighted by atomic mass is 16.6. The van der Waals surface area contributed by atoms with E-state index in [1.807, 2.05) is 11.5 Å². The smallest absolute Gasteiger partial charge is 0.315 e. The molecular weight excluding hydrogens is 274 g/mol. The minimum atomic E-state index is -0.510. The topological polar surface area (TPSA) is 98.1 Å². The van der Waals surface area contributed by atoms with Gasteiger partial charge in [0.2, 0.25) is 0 Å². The molecule has 0 fully saturated rings. The predicted octanol–water partition coefficient (Wildman–Crippen LogP) is 0.829. The van der Waals surface area contributed by atoms with Gasteiger partial charge in [0.15, 0.2) is 5.82 Å². The summed E-state index contributed by atoms with van der Waals surface area (Å²) in [5.41, 5.74) is -0.510. The Morgan fingerprint density at radius 1 is 1.33 bits per heavy atom. The zero-order chi connectivity index (χ0) is 15.9. The largest absolute Gasteiger partial charge is 0.460 e. The molecule has 1 rings (SSSR count). The van der Waals surface area contributed by atoms with Crippen LogP contribution in [0.5, 0.6) is 0 Å². The van der Waals surface area contributed by atoms with Crippen LogP contribution in [0.2, 0.25) is 0 Å². The van der Waals surface area contributed by atoms with E-state index in [1.165, 1.54) is 0 Å². The molecule has 0 bridgehead atoms. The van der Waals surface area contributed by atoms with Gasteiger partial charge in [0.1, 0.15) is 11.9 Å². The van der Waals surface area contributed by atoms with Crippen molar-refractivity contribution in [3.05, 3.63) is 12.2 Å². The fraction of sp³-hybridized carbons (Fsp3) is 0.692. The van der Waals surface area contributed by atoms with Crippen molar-refractivity contribution in [1.82, 2.24) is 25.4 Å². The molecule has 0 aliphatic carbocycles. The second-order valence-corrected chi connectivity index (χ2v) is 5.48. The van der Waals surface area contributed by atoms with E-state index in [2.05, 4.69) is 20.8 Å². The van der Waals surface area contributed by atoms with E-state index >= 15 is 0 Å². The first kappa shape index (κ1) is 16.9. The third kappa shape index (κ3) is 6.73. The first-order valence-electron chi connectivity index (χ1n) is 6.92. The summed E-state index contributed by atoms with van der Waals surface area (Å²) in [7, 11) is 0. The van der Waals surface area contributed by atoms with Crippen molar-refractivity contribution in [2.75, 3.05) is 6.54 Å². The summed E-state index contributed by atoms with van der Waals surface area (Å²) in [6.45, 7) is 8.62. The van der Waals surface area contributed by atoms with Crippen LogP contribution in [0.25, 0.3) is 0 Å². The number of rotatable bonds is 6. The predicted molar refractivity (Wildman–Crippen MR) is 76.4 cm³/mol. The number of carbonyl (C=O) groups excluding carboxylic acids is 2. The van der Waals surface area contributed by atoms with Crippen molar-refractivity contribution in [2.24, 2.45) is 0 Å². The molecule has 8 heteroatoms. The third-order valence-electron chi connectivity index (χ3n) is 2.48. The maximum atomic E-state index is 11.6. The molecule has 0 aromatic carbocycles. The van der Waals surface area contributed by atoms with Crippen LogP contribution in [-0.2, 0) is 22.6 Å². The van der Waals surface area contributed by atoms with Crippen molar-refractivity contribution in [2.45, 2.75) is 52.8 Å². The maximum Gasteiger partial charge on any atom is 0.315 e. The molecule has 21 heavy (non-hydrogen) atoms. The summed E-state index contributed by atoms with van der Waals surface area (Å²) in [5.74, 6) is 0.341. The fourth-order valence-electron chi connectivity index (χ4n) is 1.57. The van der Waals surface area contributed by atoms with Gasteiger partial charge >= 0.3 is 12.0 Å². The summed E-state index contributed by atoms with van der Waals surface area (Å²) in [5, 5.41) is 12.9. The van der Waals surface area contributed by atoms with E-state index < -0.39 is 5.60 Å². The number of carbonyl (C=O) groups is 2. The van der Waals surface area contributed by atoms with Crippen LogP contribution < -0.4 is 10.6 Å². The van der Waals surface area contributed by atoms with Crippen molar-refractivity contribution in [1.29, 1.82) is 0 Å². The number of urea groups is 1. The van der Waals surface area contributed by atoms with Crippen LogP contribution in [-0.4, -0.2) is 38.9 Å². The number of esters is 1. The number of aryl methyl sites for hydroxylation is 1. The van der Waals surface area contributed by atoms with Crippen LogP contribution >= 0.6 is 0 Å². The van der Waals surface area contributed by atoms with Crippen LogP contribution in [0.4, 0.5) is 4.79 Å². The molecule has 0 unspecified atom stereocenters. The third-order valence-corrected chi connectivity index (χ3v) is 2.48. The van der Waals surface area contributed by atoms with Crippen LogP contribution in [0.3, 0.4) is 0 Å². The zero-order valence-corrected chi connectivity index (χ0v) is 13.0. The number of nitrogens with one attached hydrogen (secondary N) is 2. The van der Waals surface area contributed by atoms with Gasteiger partial charge in [-0.25, -0.2) is 4.79 Å². The summed E-state index contributed by atoms with van der Waals surface area (Å²) >= 11 is 0. The molecule has 0 saturated carbocycles. The average Bonchev–Trinajstić information content (AvgIpc) is 2.81. The summed E-state index contributed by atoms with van der Waals surface area (Å²) in [6, 6.07) is -0.357. The normalized spacial score (nSPS) is 11.0. The molecule has 0 spiro atoms. The van der Waals surface area contributed by atoms with Gasteiger partial charge in [0.05, 0.1) is 13.0 Å². The highest BCUT2D eigenvalue weighted by molar-refractivity contribution is 5.75. The Kier molecular flexibility index (Phi) is 6.13. The molecular formula is C13H23N5O3. The number of ether oxygens (including phenoxy) is 1. The van der Waals surface area contributed by atoms with Crippen LogP contribution in [0, 0.1) is 0 Å². The van der Waals surface area contributed by atoms with Crippen LogP contribution in [0.1, 0.15) is 39.9 Å². The van der Waals surface area contributed by atoms with Gasteiger partial charge in [0, 0.05) is 13.1 Å². The van der Waals surface area contributed by atoms with Crippen molar-refractivity contribution >= 4 is 12.0 Å². The van der Waals surface area contributed by atoms with Gasteiger partial charge in [-0.2, -0.15) is 0 Å². The minimum absolute atomic E-state index is 0.135. The Labute approximate surface area is 124 Å². The Morgan fingerprint density at radius 2 is 2.05 bits per heavy atom. The number of hydrogen-bond donors (Lipinski definition) is 2. The molecule has 1 aromatic rings. The number of nitrogens with zero attached hydrogens (tertiary/aromatic N) is 3. The Bertz CT molecular complexity index is 478. The fourth-order valence-corrected chi connectivity index (χ4v) is 1.57. The SMILES string of the molecule is CCn1cnnc1CNC(=O)NCCC(=O)OC(C)(C)C. The van der Waals surface area contributed by atoms with Crippen molar-refractivity contribution < 1.29 is 14.3 Å². The van der Waals surface area contributed by atoms with E-state index in [1.54, 1.807) is 27.1 Å². The lowest BCUT2D eigenvalue weighted by Crippen LogP contribution is -2.37. The van der Waals surface area contributed by atoms with Crippen molar-refractivity contribution in [3.8, 4) is 0 Å². The Hall–Kier alpha value is -2.12. The summed E-state index contributed by atoms with van der Waals surface area (Å²) in [4.78, 5) is 23.0. The van der Waals surface area contributed by atoms with Crippen LogP contribution in [0.15, 0.2) is 6.33 Å². The van der Waals surface area contributed by atoms with Crippen molar-refractivity contribution in [3.63, 3.8) is 0 Å². The molecule has 1 aromatic heterocycles. The van der Waals surface area contributed by atoms with Gasteiger partial charge < -0.3 is 19.9 Å². The highest BCUT2D eigenvalue weighted by Crippen LogP contribution is 2.07. The second-order valence-electron chi connectivity index (χ2n) is 5.48. The minimum Gasteiger partial charge on any atom is -0.460 e. The first-order chi connectivity index (χ1) is 9.81. The Balaban J connectivity index is 2.21. The molecule has 118 valence electrons. The first-order valence-corrected chi connectivity index (χ1v) is 6.92. The molecule has 1 heterocycles. The lowest BCUT2D eigenvalue weighted by atomic mass is 10.2. The van der Waals surface area contributed by atoms with E-state index in [0.717, 1.165) is 6.54 Å². The number of amides is 2. The van der Waals surface area contributed by atoms with E-state index in [4.69, 9.17) is 4.74 Å².